The summed E-state index contributed by atoms with van der Waals surface area (Å²) in [4.78, 5) is 28.1. The van der Waals surface area contributed by atoms with E-state index in [1.165, 1.54) is 30.9 Å². The van der Waals surface area contributed by atoms with Gasteiger partial charge in [-0.1, -0.05) is 47.7 Å². The number of nitrogens with one attached hydrogen (secondary N) is 1. The van der Waals surface area contributed by atoms with Crippen molar-refractivity contribution in [2.75, 3.05) is 29.1 Å². The van der Waals surface area contributed by atoms with Crippen molar-refractivity contribution in [2.45, 2.75) is 31.7 Å². The third kappa shape index (κ3) is 4.82. The van der Waals surface area contributed by atoms with Crippen molar-refractivity contribution in [3.8, 4) is 0 Å². The van der Waals surface area contributed by atoms with E-state index in [-0.39, 0.29) is 11.7 Å². The highest BCUT2D eigenvalue weighted by Gasteiger charge is 2.21. The number of aromatic nitrogens is 3. The van der Waals surface area contributed by atoms with Gasteiger partial charge < -0.3 is 10.2 Å². The number of carbonyl (C=O) groups excluding carboxylic acids is 1. The van der Waals surface area contributed by atoms with Crippen LogP contribution in [-0.2, 0) is 4.79 Å². The fraction of sp³-hybridized carbons (Fsp3) is 0.400. The minimum atomic E-state index is -0.123. The molecule has 3 heterocycles. The number of thioether (sulfide) groups is 1. The lowest BCUT2D eigenvalue weighted by molar-refractivity contribution is -0.113. The quantitative estimate of drug-likeness (QED) is 0.437. The Morgan fingerprint density at radius 3 is 2.90 bits per heavy atom. The SMILES string of the molecule is Cc1ccc(NC(=O)CSc2ncnc3nc(N4CCC(C)CC4)sc23)c(Cl)c1. The Balaban J connectivity index is 1.44. The largest absolute Gasteiger partial charge is 0.348 e. The summed E-state index contributed by atoms with van der Waals surface area (Å²) in [6.45, 7) is 6.31. The molecule has 1 aromatic carbocycles. The molecule has 0 unspecified atom stereocenters. The molecule has 9 heteroatoms. The van der Waals surface area contributed by atoms with Crippen LogP contribution in [0.4, 0.5) is 10.8 Å². The molecule has 1 aliphatic heterocycles. The molecule has 4 rings (SSSR count). The van der Waals surface area contributed by atoms with E-state index in [2.05, 4.69) is 27.1 Å². The van der Waals surface area contributed by atoms with Gasteiger partial charge in [0, 0.05) is 13.1 Å². The number of halogens is 1. The van der Waals surface area contributed by atoms with Crippen LogP contribution < -0.4 is 10.2 Å². The Labute approximate surface area is 183 Å². The Morgan fingerprint density at radius 1 is 1.34 bits per heavy atom. The lowest BCUT2D eigenvalue weighted by atomic mass is 10.00. The number of piperidine rings is 1. The Bertz CT molecular complexity index is 1030. The second-order valence-corrected chi connectivity index (χ2v) is 9.67. The van der Waals surface area contributed by atoms with E-state index in [9.17, 15) is 4.79 Å². The molecule has 0 bridgehead atoms. The highest BCUT2D eigenvalue weighted by molar-refractivity contribution is 8.00. The lowest BCUT2D eigenvalue weighted by Crippen LogP contribution is -2.32. The van der Waals surface area contributed by atoms with Gasteiger partial charge in [-0.25, -0.2) is 9.97 Å². The molecule has 1 N–H and O–H groups in total. The maximum absolute atomic E-state index is 12.4. The average Bonchev–Trinajstić information content (AvgIpc) is 3.14. The Hall–Kier alpha value is -1.90. The normalized spacial score (nSPS) is 15.1. The molecule has 0 aliphatic carbocycles. The molecule has 0 spiro atoms. The number of aryl methyl sites for hydroxylation is 1. The van der Waals surface area contributed by atoms with Crippen molar-refractivity contribution in [1.82, 2.24) is 15.0 Å². The predicted octanol–water partition coefficient (Wildman–Crippen LogP) is 5.02. The van der Waals surface area contributed by atoms with Crippen molar-refractivity contribution >= 4 is 61.8 Å². The highest BCUT2D eigenvalue weighted by Crippen LogP contribution is 2.35. The minimum absolute atomic E-state index is 0.123. The first-order valence-electron chi connectivity index (χ1n) is 9.55. The molecular formula is C20H22ClN5OS2. The molecule has 152 valence electrons. The van der Waals surface area contributed by atoms with E-state index in [1.807, 2.05) is 25.1 Å². The van der Waals surface area contributed by atoms with Gasteiger partial charge in [0.05, 0.1) is 16.5 Å². The number of hydrogen-bond donors (Lipinski definition) is 1. The molecule has 1 amide bonds. The van der Waals surface area contributed by atoms with Crippen LogP contribution in [0.25, 0.3) is 10.3 Å². The molecule has 1 saturated heterocycles. The number of benzene rings is 1. The number of rotatable bonds is 5. The van der Waals surface area contributed by atoms with Crippen molar-refractivity contribution < 1.29 is 4.79 Å². The first-order valence-corrected chi connectivity index (χ1v) is 11.7. The number of fused-ring (bicyclic) bond motifs is 1. The van der Waals surface area contributed by atoms with Crippen molar-refractivity contribution in [3.05, 3.63) is 35.1 Å². The summed E-state index contributed by atoms with van der Waals surface area (Å²) in [5.41, 5.74) is 2.37. The first kappa shape index (κ1) is 20.4. The average molecular weight is 448 g/mol. The number of amides is 1. The van der Waals surface area contributed by atoms with Gasteiger partial charge >= 0.3 is 0 Å². The third-order valence-corrected chi connectivity index (χ3v) is 7.48. The smallest absolute Gasteiger partial charge is 0.234 e. The Kier molecular flexibility index (Phi) is 6.22. The molecule has 29 heavy (non-hydrogen) atoms. The summed E-state index contributed by atoms with van der Waals surface area (Å²) < 4.78 is 0.937. The monoisotopic (exact) mass is 447 g/mol. The first-order chi connectivity index (χ1) is 14.0. The van der Waals surface area contributed by atoms with E-state index in [0.717, 1.165) is 39.4 Å². The molecule has 1 fully saturated rings. The molecule has 6 nitrogen and oxygen atoms in total. The number of hydrogen-bond acceptors (Lipinski definition) is 7. The van der Waals surface area contributed by atoms with Crippen LogP contribution in [0.5, 0.6) is 0 Å². The van der Waals surface area contributed by atoms with Gasteiger partial charge in [-0.15, -0.1) is 0 Å². The highest BCUT2D eigenvalue weighted by atomic mass is 35.5. The van der Waals surface area contributed by atoms with Crippen LogP contribution in [0.3, 0.4) is 0 Å². The zero-order valence-corrected chi connectivity index (χ0v) is 18.7. The van der Waals surface area contributed by atoms with Crippen LogP contribution >= 0.6 is 34.7 Å². The van der Waals surface area contributed by atoms with Gasteiger partial charge in [0.15, 0.2) is 10.8 Å². The molecule has 1 aliphatic rings. The van der Waals surface area contributed by atoms with E-state index in [4.69, 9.17) is 16.6 Å². The van der Waals surface area contributed by atoms with E-state index < -0.39 is 0 Å². The van der Waals surface area contributed by atoms with Crippen LogP contribution in [0.1, 0.15) is 25.3 Å². The molecule has 0 radical (unpaired) electrons. The molecule has 3 aromatic rings. The maximum atomic E-state index is 12.4. The topological polar surface area (TPSA) is 71.0 Å². The summed E-state index contributed by atoms with van der Waals surface area (Å²) >= 11 is 9.20. The second-order valence-electron chi connectivity index (χ2n) is 7.32. The second kappa shape index (κ2) is 8.85. The number of anilines is 2. The summed E-state index contributed by atoms with van der Waals surface area (Å²) in [5, 5.41) is 5.18. The van der Waals surface area contributed by atoms with Gasteiger partial charge in [0.1, 0.15) is 16.1 Å². The van der Waals surface area contributed by atoms with Gasteiger partial charge in [0.2, 0.25) is 5.91 Å². The number of thiazole rings is 1. The molecule has 0 saturated carbocycles. The van der Waals surface area contributed by atoms with Crippen molar-refractivity contribution in [2.24, 2.45) is 5.92 Å². The van der Waals surface area contributed by atoms with Gasteiger partial charge in [0.25, 0.3) is 0 Å². The fourth-order valence-electron chi connectivity index (χ4n) is 3.20. The van der Waals surface area contributed by atoms with Gasteiger partial charge in [-0.2, -0.15) is 4.98 Å². The predicted molar refractivity (Wildman–Crippen MR) is 121 cm³/mol. The van der Waals surface area contributed by atoms with Gasteiger partial charge in [-0.05, 0) is 43.4 Å². The van der Waals surface area contributed by atoms with Gasteiger partial charge in [-0.3, -0.25) is 4.79 Å². The number of carbonyl (C=O) groups is 1. The standard InChI is InChI=1S/C20H22ClN5OS2/c1-12-5-7-26(8-6-12)20-25-18-17(29-20)19(23-11-22-18)28-10-16(27)24-15-4-3-13(2)9-14(15)21/h3-4,9,11-12H,5-8,10H2,1-2H3,(H,24,27). The third-order valence-electron chi connectivity index (χ3n) is 4.94. The van der Waals surface area contributed by atoms with Crippen LogP contribution in [-0.4, -0.2) is 39.7 Å². The van der Waals surface area contributed by atoms with Crippen LogP contribution in [0.2, 0.25) is 5.02 Å². The summed E-state index contributed by atoms with van der Waals surface area (Å²) in [6.07, 6.45) is 3.89. The Morgan fingerprint density at radius 2 is 2.14 bits per heavy atom. The lowest BCUT2D eigenvalue weighted by Gasteiger charge is -2.29. The van der Waals surface area contributed by atoms with Crippen molar-refractivity contribution in [1.29, 1.82) is 0 Å². The van der Waals surface area contributed by atoms with E-state index >= 15 is 0 Å². The van der Waals surface area contributed by atoms with Crippen LogP contribution in [0, 0.1) is 12.8 Å². The molecule has 0 atom stereocenters. The summed E-state index contributed by atoms with van der Waals surface area (Å²) in [5.74, 6) is 0.888. The minimum Gasteiger partial charge on any atom is -0.348 e. The molecular weight excluding hydrogens is 426 g/mol. The number of nitrogens with zero attached hydrogens (tertiary/aromatic N) is 4. The fourth-order valence-corrected chi connectivity index (χ4v) is 5.43. The maximum Gasteiger partial charge on any atom is 0.234 e. The van der Waals surface area contributed by atoms with Crippen LogP contribution in [0.15, 0.2) is 29.6 Å². The zero-order valence-electron chi connectivity index (χ0n) is 16.3. The van der Waals surface area contributed by atoms with E-state index in [0.29, 0.717) is 16.4 Å². The van der Waals surface area contributed by atoms with Crippen molar-refractivity contribution in [3.63, 3.8) is 0 Å². The summed E-state index contributed by atoms with van der Waals surface area (Å²) in [7, 11) is 0. The molecule has 2 aromatic heterocycles. The zero-order chi connectivity index (χ0) is 20.4. The summed E-state index contributed by atoms with van der Waals surface area (Å²) in [6, 6.07) is 5.57. The van der Waals surface area contributed by atoms with E-state index in [1.54, 1.807) is 11.3 Å².